The maximum Gasteiger partial charge on any atom is 0.242 e. The predicted molar refractivity (Wildman–Crippen MR) is 89.3 cm³/mol. The van der Waals surface area contributed by atoms with Gasteiger partial charge in [0, 0.05) is 20.0 Å². The van der Waals surface area contributed by atoms with E-state index in [1.165, 1.54) is 6.92 Å². The molecule has 0 aliphatic carbocycles. The molecule has 5 nitrogen and oxygen atoms in total. The van der Waals surface area contributed by atoms with E-state index >= 15 is 0 Å². The molecule has 1 aliphatic rings. The lowest BCUT2D eigenvalue weighted by atomic mass is 10.1. The van der Waals surface area contributed by atoms with Crippen molar-refractivity contribution >= 4 is 11.8 Å². The van der Waals surface area contributed by atoms with E-state index < -0.39 is 0 Å². The topological polar surface area (TPSA) is 58.6 Å². The maximum absolute atomic E-state index is 12.2. The van der Waals surface area contributed by atoms with E-state index in [2.05, 4.69) is 5.32 Å². The van der Waals surface area contributed by atoms with Crippen LogP contribution >= 0.6 is 0 Å². The second-order valence-electron chi connectivity index (χ2n) is 6.22. The highest BCUT2D eigenvalue weighted by molar-refractivity contribution is 5.87. The molecule has 1 atom stereocenters. The first kappa shape index (κ1) is 17.3. The van der Waals surface area contributed by atoms with Gasteiger partial charge in [0.2, 0.25) is 11.8 Å². The standard InChI is InChI=1S/C18H26N2O3/c1-13(2)23-16-8-6-15(7-9-16)10-11-19-18(22)17-5-4-12-20(17)14(3)21/h6-9,13,17H,4-5,10-12H2,1-3H3,(H,19,22)/t17-/m0/s1. The van der Waals surface area contributed by atoms with Crippen LogP contribution in [0.3, 0.4) is 0 Å². The van der Waals surface area contributed by atoms with Gasteiger partial charge in [-0.1, -0.05) is 12.1 Å². The van der Waals surface area contributed by atoms with E-state index in [4.69, 9.17) is 4.74 Å². The number of nitrogens with zero attached hydrogens (tertiary/aromatic N) is 1. The Kier molecular flexibility index (Phi) is 6.02. The molecule has 2 amide bonds. The fourth-order valence-electron chi connectivity index (χ4n) is 2.87. The third-order valence-electron chi connectivity index (χ3n) is 3.97. The van der Waals surface area contributed by atoms with E-state index in [0.29, 0.717) is 13.1 Å². The van der Waals surface area contributed by atoms with Gasteiger partial charge in [0.05, 0.1) is 6.10 Å². The van der Waals surface area contributed by atoms with Crippen LogP contribution in [0.25, 0.3) is 0 Å². The first-order valence-electron chi connectivity index (χ1n) is 8.28. The van der Waals surface area contributed by atoms with Gasteiger partial charge < -0.3 is 15.0 Å². The van der Waals surface area contributed by atoms with Crippen LogP contribution < -0.4 is 10.1 Å². The van der Waals surface area contributed by atoms with E-state index in [0.717, 1.165) is 30.6 Å². The molecular weight excluding hydrogens is 292 g/mol. The molecule has 1 N–H and O–H groups in total. The molecule has 0 aromatic heterocycles. The van der Waals surface area contributed by atoms with Crippen LogP contribution in [0, 0.1) is 0 Å². The monoisotopic (exact) mass is 318 g/mol. The van der Waals surface area contributed by atoms with Crippen molar-refractivity contribution in [3.8, 4) is 5.75 Å². The molecule has 1 aliphatic heterocycles. The average molecular weight is 318 g/mol. The Morgan fingerprint density at radius 1 is 1.30 bits per heavy atom. The van der Waals surface area contributed by atoms with Gasteiger partial charge in [-0.15, -0.1) is 0 Å². The summed E-state index contributed by atoms with van der Waals surface area (Å²) in [6.07, 6.45) is 2.58. The fraction of sp³-hybridized carbons (Fsp3) is 0.556. The Balaban J connectivity index is 1.78. The molecule has 126 valence electrons. The van der Waals surface area contributed by atoms with Crippen LogP contribution in [0.5, 0.6) is 5.75 Å². The molecule has 1 saturated heterocycles. The van der Waals surface area contributed by atoms with Crippen molar-refractivity contribution in [1.29, 1.82) is 0 Å². The summed E-state index contributed by atoms with van der Waals surface area (Å²) in [5.41, 5.74) is 1.15. The summed E-state index contributed by atoms with van der Waals surface area (Å²) in [6, 6.07) is 7.63. The fourth-order valence-corrected chi connectivity index (χ4v) is 2.87. The number of benzene rings is 1. The molecule has 23 heavy (non-hydrogen) atoms. The van der Waals surface area contributed by atoms with Crippen LogP contribution in [-0.4, -0.2) is 41.9 Å². The number of hydrogen-bond acceptors (Lipinski definition) is 3. The summed E-state index contributed by atoms with van der Waals surface area (Å²) < 4.78 is 5.61. The normalized spacial score (nSPS) is 17.4. The van der Waals surface area contributed by atoms with Gasteiger partial charge in [0.25, 0.3) is 0 Å². The van der Waals surface area contributed by atoms with Gasteiger partial charge in [-0.3, -0.25) is 9.59 Å². The summed E-state index contributed by atoms with van der Waals surface area (Å²) in [5, 5.41) is 2.94. The number of ether oxygens (including phenoxy) is 1. The SMILES string of the molecule is CC(=O)N1CCC[C@H]1C(=O)NCCc1ccc(OC(C)C)cc1. The summed E-state index contributed by atoms with van der Waals surface area (Å²) in [6.45, 7) is 6.77. The van der Waals surface area contributed by atoms with E-state index in [-0.39, 0.29) is 24.0 Å². The highest BCUT2D eigenvalue weighted by atomic mass is 16.5. The second kappa shape index (κ2) is 7.99. The number of amides is 2. The Morgan fingerprint density at radius 2 is 2.00 bits per heavy atom. The zero-order valence-corrected chi connectivity index (χ0v) is 14.2. The third-order valence-corrected chi connectivity index (χ3v) is 3.97. The zero-order chi connectivity index (χ0) is 16.8. The van der Waals surface area contributed by atoms with Crippen molar-refractivity contribution in [3.63, 3.8) is 0 Å². The molecule has 0 bridgehead atoms. The Morgan fingerprint density at radius 3 is 2.61 bits per heavy atom. The molecule has 1 heterocycles. The molecule has 2 rings (SSSR count). The smallest absolute Gasteiger partial charge is 0.242 e. The first-order chi connectivity index (χ1) is 11.0. The molecule has 0 unspecified atom stereocenters. The van der Waals surface area contributed by atoms with Gasteiger partial charge in [-0.2, -0.15) is 0 Å². The number of rotatable bonds is 6. The molecular formula is C18H26N2O3. The lowest BCUT2D eigenvalue weighted by Crippen LogP contribution is -2.45. The Hall–Kier alpha value is -2.04. The number of nitrogens with one attached hydrogen (secondary N) is 1. The number of carbonyl (C=O) groups is 2. The molecule has 1 aromatic rings. The largest absolute Gasteiger partial charge is 0.491 e. The quantitative estimate of drug-likeness (QED) is 0.874. The van der Waals surface area contributed by atoms with Crippen LogP contribution in [0.15, 0.2) is 24.3 Å². The minimum Gasteiger partial charge on any atom is -0.491 e. The molecule has 0 saturated carbocycles. The molecule has 0 spiro atoms. The highest BCUT2D eigenvalue weighted by Gasteiger charge is 2.31. The number of hydrogen-bond donors (Lipinski definition) is 1. The number of carbonyl (C=O) groups excluding carboxylic acids is 2. The van der Waals surface area contributed by atoms with Gasteiger partial charge in [-0.25, -0.2) is 0 Å². The van der Waals surface area contributed by atoms with Gasteiger partial charge in [0.1, 0.15) is 11.8 Å². The summed E-state index contributed by atoms with van der Waals surface area (Å²) in [7, 11) is 0. The van der Waals surface area contributed by atoms with Crippen LogP contribution in [0.4, 0.5) is 0 Å². The zero-order valence-electron chi connectivity index (χ0n) is 14.2. The lowest BCUT2D eigenvalue weighted by molar-refractivity contribution is -0.136. The minimum absolute atomic E-state index is 0.0246. The predicted octanol–water partition coefficient (Wildman–Crippen LogP) is 2.14. The summed E-state index contributed by atoms with van der Waals surface area (Å²) in [5.74, 6) is 0.789. The van der Waals surface area contributed by atoms with Crippen molar-refractivity contribution in [1.82, 2.24) is 10.2 Å². The molecule has 1 fully saturated rings. The van der Waals surface area contributed by atoms with Crippen molar-refractivity contribution < 1.29 is 14.3 Å². The van der Waals surface area contributed by atoms with Crippen molar-refractivity contribution in [2.24, 2.45) is 0 Å². The lowest BCUT2D eigenvalue weighted by Gasteiger charge is -2.22. The van der Waals surface area contributed by atoms with E-state index in [1.54, 1.807) is 4.90 Å². The number of likely N-dealkylation sites (tertiary alicyclic amines) is 1. The molecule has 0 radical (unpaired) electrons. The van der Waals surface area contributed by atoms with Gasteiger partial charge in [0.15, 0.2) is 0 Å². The van der Waals surface area contributed by atoms with Crippen molar-refractivity contribution in [2.75, 3.05) is 13.1 Å². The van der Waals surface area contributed by atoms with Crippen LogP contribution in [0.2, 0.25) is 0 Å². The van der Waals surface area contributed by atoms with Crippen molar-refractivity contribution in [3.05, 3.63) is 29.8 Å². The van der Waals surface area contributed by atoms with Gasteiger partial charge >= 0.3 is 0 Å². The second-order valence-corrected chi connectivity index (χ2v) is 6.22. The maximum atomic E-state index is 12.2. The van der Waals surface area contributed by atoms with Gasteiger partial charge in [-0.05, 0) is 50.8 Å². The molecule has 1 aromatic carbocycles. The van der Waals surface area contributed by atoms with E-state index in [9.17, 15) is 9.59 Å². The Bertz CT molecular complexity index is 540. The Labute approximate surface area is 138 Å². The van der Waals surface area contributed by atoms with Crippen LogP contribution in [0.1, 0.15) is 39.2 Å². The van der Waals surface area contributed by atoms with E-state index in [1.807, 2.05) is 38.1 Å². The van der Waals surface area contributed by atoms with Crippen LogP contribution in [-0.2, 0) is 16.0 Å². The van der Waals surface area contributed by atoms with Crippen molar-refractivity contribution in [2.45, 2.75) is 52.2 Å². The highest BCUT2D eigenvalue weighted by Crippen LogP contribution is 2.17. The first-order valence-corrected chi connectivity index (χ1v) is 8.28. The average Bonchev–Trinajstić information content (AvgIpc) is 2.98. The summed E-state index contributed by atoms with van der Waals surface area (Å²) >= 11 is 0. The molecule has 5 heteroatoms. The minimum atomic E-state index is -0.297. The summed E-state index contributed by atoms with van der Waals surface area (Å²) in [4.78, 5) is 25.4. The third kappa shape index (κ3) is 4.98.